The smallest absolute Gasteiger partial charge is 0.306 e. The van der Waals surface area contributed by atoms with Gasteiger partial charge in [0.05, 0.1) is 26.4 Å². The molecule has 14 nitrogen and oxygen atoms in total. The number of allylic oxidation sites excluding steroid dienone is 10. The number of hydrogen-bond donors (Lipinski definition) is 7. The first-order chi connectivity index (χ1) is 34.6. The molecule has 2 saturated heterocycles. The van der Waals surface area contributed by atoms with Crippen LogP contribution >= 0.6 is 0 Å². The fraction of sp³-hybridized carbons (Fsp3) is 0.807. The lowest BCUT2D eigenvalue weighted by Crippen LogP contribution is -2.61. The largest absolute Gasteiger partial charge is 0.457 e. The van der Waals surface area contributed by atoms with Crippen LogP contribution in [0.4, 0.5) is 0 Å². The molecule has 0 aromatic heterocycles. The van der Waals surface area contributed by atoms with Gasteiger partial charge in [-0.1, -0.05) is 177 Å². The van der Waals surface area contributed by atoms with Gasteiger partial charge in [0, 0.05) is 13.0 Å². The van der Waals surface area contributed by atoms with Gasteiger partial charge in [0.25, 0.3) is 0 Å². The molecule has 0 amide bonds. The Morgan fingerprint density at radius 2 is 0.915 bits per heavy atom. The van der Waals surface area contributed by atoms with E-state index in [1.165, 1.54) is 109 Å². The molecule has 0 saturated carbocycles. The van der Waals surface area contributed by atoms with E-state index in [4.69, 9.17) is 28.4 Å². The van der Waals surface area contributed by atoms with Gasteiger partial charge in [-0.05, 0) is 70.6 Å². The number of rotatable bonds is 44. The summed E-state index contributed by atoms with van der Waals surface area (Å²) in [6.07, 6.45) is 37.3. The van der Waals surface area contributed by atoms with Crippen molar-refractivity contribution >= 4 is 5.97 Å². The molecule has 0 aromatic carbocycles. The fourth-order valence-electron chi connectivity index (χ4n) is 8.52. The summed E-state index contributed by atoms with van der Waals surface area (Å²) in [7, 11) is 0. The van der Waals surface area contributed by atoms with Gasteiger partial charge in [0.2, 0.25) is 0 Å². The summed E-state index contributed by atoms with van der Waals surface area (Å²) in [4.78, 5) is 13.0. The highest BCUT2D eigenvalue weighted by Gasteiger charge is 2.47. The topological polar surface area (TPSA) is 214 Å². The van der Waals surface area contributed by atoms with Crippen LogP contribution in [0.25, 0.3) is 0 Å². The minimum atomic E-state index is -1.72. The average molecular weight is 1010 g/mol. The van der Waals surface area contributed by atoms with Crippen molar-refractivity contribution < 1.29 is 69.0 Å². The lowest BCUT2D eigenvalue weighted by Gasteiger charge is -2.42. The Bertz CT molecular complexity index is 1400. The number of esters is 1. The molecule has 2 aliphatic rings. The molecule has 14 heteroatoms. The number of carbonyl (C=O) groups excluding carboxylic acids is 1. The predicted molar refractivity (Wildman–Crippen MR) is 279 cm³/mol. The van der Waals surface area contributed by atoms with Gasteiger partial charge in [-0.25, -0.2) is 0 Å². The Morgan fingerprint density at radius 3 is 1.45 bits per heavy atom. The normalized spacial score (nSPS) is 25.8. The van der Waals surface area contributed by atoms with Gasteiger partial charge < -0.3 is 64.2 Å². The van der Waals surface area contributed by atoms with E-state index in [1.54, 1.807) is 0 Å². The second kappa shape index (κ2) is 44.0. The third-order valence-electron chi connectivity index (χ3n) is 13.0. The zero-order valence-electron chi connectivity index (χ0n) is 43.9. The highest BCUT2D eigenvalue weighted by molar-refractivity contribution is 5.69. The van der Waals surface area contributed by atoms with Gasteiger partial charge >= 0.3 is 5.97 Å². The molecule has 0 aliphatic carbocycles. The van der Waals surface area contributed by atoms with Gasteiger partial charge in [0.1, 0.15) is 54.9 Å². The second-order valence-corrected chi connectivity index (χ2v) is 19.4. The summed E-state index contributed by atoms with van der Waals surface area (Å²) >= 11 is 0. The average Bonchev–Trinajstić information content (AvgIpc) is 3.37. The molecule has 71 heavy (non-hydrogen) atoms. The van der Waals surface area contributed by atoms with Gasteiger partial charge in [-0.15, -0.1) is 0 Å². The van der Waals surface area contributed by atoms with Crippen molar-refractivity contribution in [2.24, 2.45) is 0 Å². The van der Waals surface area contributed by atoms with Crippen LogP contribution in [0.5, 0.6) is 0 Å². The van der Waals surface area contributed by atoms with Crippen molar-refractivity contribution in [3.05, 3.63) is 60.8 Å². The number of aliphatic hydroxyl groups is 7. The molecular weight excluding hydrogens is 909 g/mol. The maximum absolute atomic E-state index is 13.0. The van der Waals surface area contributed by atoms with Crippen molar-refractivity contribution in [3.8, 4) is 0 Å². The van der Waals surface area contributed by atoms with Crippen LogP contribution < -0.4 is 0 Å². The van der Waals surface area contributed by atoms with Gasteiger partial charge in [-0.3, -0.25) is 4.79 Å². The summed E-state index contributed by atoms with van der Waals surface area (Å²) in [5.74, 6) is -0.396. The maximum Gasteiger partial charge on any atom is 0.306 e. The van der Waals surface area contributed by atoms with Crippen LogP contribution in [-0.4, -0.2) is 142 Å². The Labute approximate surface area is 428 Å². The van der Waals surface area contributed by atoms with Crippen molar-refractivity contribution in [1.82, 2.24) is 0 Å². The van der Waals surface area contributed by atoms with Crippen LogP contribution in [-0.2, 0) is 33.2 Å². The summed E-state index contributed by atoms with van der Waals surface area (Å²) in [6, 6.07) is 0. The Kier molecular flexibility index (Phi) is 40.2. The number of ether oxygens (including phenoxy) is 6. The van der Waals surface area contributed by atoms with E-state index < -0.39 is 86.7 Å². The van der Waals surface area contributed by atoms with Crippen LogP contribution in [0.15, 0.2) is 60.8 Å². The molecule has 2 aliphatic heterocycles. The van der Waals surface area contributed by atoms with Gasteiger partial charge in [-0.2, -0.15) is 0 Å². The minimum Gasteiger partial charge on any atom is -0.457 e. The third-order valence-corrected chi connectivity index (χ3v) is 13.0. The third kappa shape index (κ3) is 31.2. The lowest BCUT2D eigenvalue weighted by molar-refractivity contribution is -0.332. The van der Waals surface area contributed by atoms with Crippen LogP contribution in [0.3, 0.4) is 0 Å². The van der Waals surface area contributed by atoms with E-state index in [9.17, 15) is 40.5 Å². The van der Waals surface area contributed by atoms with E-state index in [-0.39, 0.29) is 19.6 Å². The molecule has 0 spiro atoms. The molecule has 2 fully saturated rings. The van der Waals surface area contributed by atoms with E-state index in [0.29, 0.717) is 13.0 Å². The molecule has 0 aromatic rings. The van der Waals surface area contributed by atoms with Crippen molar-refractivity contribution in [1.29, 1.82) is 0 Å². The molecule has 7 N–H and O–H groups in total. The van der Waals surface area contributed by atoms with Crippen molar-refractivity contribution in [2.45, 2.75) is 261 Å². The van der Waals surface area contributed by atoms with Crippen LogP contribution in [0.1, 0.15) is 194 Å². The molecule has 2 rings (SSSR count). The summed E-state index contributed by atoms with van der Waals surface area (Å²) < 4.78 is 34.2. The number of aliphatic hydroxyl groups excluding tert-OH is 7. The van der Waals surface area contributed by atoms with Crippen LogP contribution in [0.2, 0.25) is 0 Å². The highest BCUT2D eigenvalue weighted by atomic mass is 16.7. The summed E-state index contributed by atoms with van der Waals surface area (Å²) in [6.45, 7) is 3.43. The summed E-state index contributed by atoms with van der Waals surface area (Å²) in [5.41, 5.74) is 0. The second-order valence-electron chi connectivity index (χ2n) is 19.4. The van der Waals surface area contributed by atoms with E-state index >= 15 is 0 Å². The van der Waals surface area contributed by atoms with E-state index in [1.807, 2.05) is 0 Å². The molecular formula is C57H100O14. The molecule has 0 radical (unpaired) electrons. The number of unbranched alkanes of at least 4 members (excludes halogenated alkanes) is 20. The molecule has 412 valence electrons. The van der Waals surface area contributed by atoms with Crippen molar-refractivity contribution in [2.75, 3.05) is 33.0 Å². The molecule has 11 atom stereocenters. The first-order valence-corrected chi connectivity index (χ1v) is 27.9. The SMILES string of the molecule is CC/C=C\C/C=C\C/C=C\C/C=C\CCCOCC(COC1OC(COC2OC(CO)C(O)C(O)C2O)C(O)C(O)C1O)OC(=O)CCCCCCCCCCCCC/C=C\CCCCCCCCCC. The molecule has 0 bridgehead atoms. The standard InChI is InChI=1S/C57H100O14/c1-3-5-7-9-11-13-15-17-19-20-21-22-23-24-25-26-27-28-30-32-34-36-38-40-49(59)69-46(43-66-41-39-37-35-33-31-29-18-16-14-12-10-8-6-4-2)44-67-56-55(65)53(63)51(61)48(71-56)45-68-57-54(64)52(62)50(60)47(42-58)70-57/h6,8,12,14,18,20-21,29,33,35,46-48,50-58,60-65H,3-5,7,9-11,13,15-17,19,22-28,30-32,34,36-45H2,1-2H3/b8-6-,14-12-,21-20-,29-18-,35-33-. The molecule has 2 heterocycles. The van der Waals surface area contributed by atoms with Gasteiger partial charge in [0.15, 0.2) is 12.6 Å². The summed E-state index contributed by atoms with van der Waals surface area (Å²) in [5, 5.41) is 72.2. The van der Waals surface area contributed by atoms with Crippen molar-refractivity contribution in [3.63, 3.8) is 0 Å². The monoisotopic (exact) mass is 1010 g/mol. The Balaban J connectivity index is 1.73. The lowest BCUT2D eigenvalue weighted by atomic mass is 9.98. The van der Waals surface area contributed by atoms with Crippen LogP contribution in [0, 0.1) is 0 Å². The number of carbonyl (C=O) groups is 1. The fourth-order valence-corrected chi connectivity index (χ4v) is 8.52. The first-order valence-electron chi connectivity index (χ1n) is 27.9. The predicted octanol–water partition coefficient (Wildman–Crippen LogP) is 9.30. The zero-order chi connectivity index (χ0) is 51.6. The Hall–Kier alpha value is -2.31. The quantitative estimate of drug-likeness (QED) is 0.0172. The van der Waals surface area contributed by atoms with E-state index in [0.717, 1.165) is 57.8 Å². The number of hydrogen-bond acceptors (Lipinski definition) is 14. The minimum absolute atomic E-state index is 0.0219. The first kappa shape index (κ1) is 64.8. The Morgan fingerprint density at radius 1 is 0.479 bits per heavy atom. The molecule has 11 unspecified atom stereocenters. The van der Waals surface area contributed by atoms with E-state index in [2.05, 4.69) is 74.6 Å². The zero-order valence-corrected chi connectivity index (χ0v) is 43.9. The maximum atomic E-state index is 13.0. The highest BCUT2D eigenvalue weighted by Crippen LogP contribution is 2.26.